The summed E-state index contributed by atoms with van der Waals surface area (Å²) in [4.78, 5) is 31.5. The van der Waals surface area contributed by atoms with Gasteiger partial charge in [-0.25, -0.2) is 8.78 Å². The molecule has 3 rings (SSSR count). The highest BCUT2D eigenvalue weighted by Crippen LogP contribution is 2.62. The monoisotopic (exact) mass is 446 g/mol. The number of hydrogen-bond donors (Lipinski definition) is 2. The molecule has 3 atom stereocenters. The van der Waals surface area contributed by atoms with E-state index >= 15 is 0 Å². The zero-order chi connectivity index (χ0) is 23.5. The number of amides is 2. The van der Waals surface area contributed by atoms with Crippen molar-refractivity contribution in [1.82, 2.24) is 4.90 Å². The number of carbonyl (C=O) groups excluding carboxylic acids is 2. The van der Waals surface area contributed by atoms with Crippen LogP contribution in [-0.4, -0.2) is 65.7 Å². The Morgan fingerprint density at radius 1 is 1.23 bits per heavy atom. The number of carbonyl (C=O) groups is 3. The smallest absolute Gasteiger partial charge is 0.470 e. The standard InChI is InChI=1S/C15H23F2NO2.C2H2F3NO.CH2O2/c1-9(20-10-5-15(16,17)6-10)4-13(19)18-7-11-12(8-18)14(11,2)3;3-2(4,5)1(6)7;2-1-3/h9-12H,4-8H2,1-3H3;(H2,6,7);1H,(H,2,3)/t9-,11?,12?;;/m1../s1. The number of piperidine rings is 1. The molecule has 3 aliphatic rings. The summed E-state index contributed by atoms with van der Waals surface area (Å²) in [7, 11) is 0. The van der Waals surface area contributed by atoms with Crippen LogP contribution in [0.1, 0.15) is 40.0 Å². The van der Waals surface area contributed by atoms with Crippen LogP contribution in [0.2, 0.25) is 0 Å². The van der Waals surface area contributed by atoms with Crippen molar-refractivity contribution in [2.24, 2.45) is 23.0 Å². The summed E-state index contributed by atoms with van der Waals surface area (Å²) in [5.74, 6) is -3.42. The molecule has 0 bridgehead atoms. The number of rotatable bonds is 4. The molecule has 1 saturated heterocycles. The topological polar surface area (TPSA) is 110 Å². The Bertz CT molecular complexity index is 619. The molecule has 0 aromatic rings. The average Bonchev–Trinajstić information content (AvgIpc) is 2.91. The van der Waals surface area contributed by atoms with E-state index in [9.17, 15) is 26.7 Å². The maximum Gasteiger partial charge on any atom is 0.470 e. The molecule has 30 heavy (non-hydrogen) atoms. The lowest BCUT2D eigenvalue weighted by molar-refractivity contribution is -0.181. The van der Waals surface area contributed by atoms with Gasteiger partial charge < -0.3 is 20.5 Å². The van der Waals surface area contributed by atoms with Gasteiger partial charge in [0.05, 0.1) is 18.6 Å². The first kappa shape index (κ1) is 26.1. The van der Waals surface area contributed by atoms with Crippen molar-refractivity contribution in [3.8, 4) is 0 Å². The van der Waals surface area contributed by atoms with Gasteiger partial charge in [0, 0.05) is 25.9 Å². The van der Waals surface area contributed by atoms with Crippen molar-refractivity contribution in [2.75, 3.05) is 13.1 Å². The summed E-state index contributed by atoms with van der Waals surface area (Å²) in [5.41, 5.74) is 4.20. The molecule has 2 unspecified atom stereocenters. The fourth-order valence-electron chi connectivity index (χ4n) is 3.79. The van der Waals surface area contributed by atoms with Gasteiger partial charge in [-0.2, -0.15) is 13.2 Å². The molecule has 2 saturated carbocycles. The molecule has 7 nitrogen and oxygen atoms in total. The molecular formula is C18H27F5N2O5. The molecule has 0 aromatic heterocycles. The van der Waals surface area contributed by atoms with Crippen LogP contribution >= 0.6 is 0 Å². The molecule has 1 aliphatic heterocycles. The van der Waals surface area contributed by atoms with Gasteiger partial charge in [0.2, 0.25) is 5.91 Å². The first-order valence-electron chi connectivity index (χ1n) is 9.30. The predicted octanol–water partition coefficient (Wildman–Crippen LogP) is 2.43. The molecule has 2 aliphatic carbocycles. The van der Waals surface area contributed by atoms with Crippen LogP contribution in [0.4, 0.5) is 22.0 Å². The lowest BCUT2D eigenvalue weighted by atomic mass is 9.91. The van der Waals surface area contributed by atoms with Crippen LogP contribution in [-0.2, 0) is 19.1 Å². The van der Waals surface area contributed by atoms with Crippen LogP contribution < -0.4 is 5.73 Å². The molecule has 0 spiro atoms. The second kappa shape index (κ2) is 9.44. The van der Waals surface area contributed by atoms with E-state index in [4.69, 9.17) is 19.4 Å². The van der Waals surface area contributed by atoms with E-state index in [2.05, 4.69) is 19.6 Å². The highest BCUT2D eigenvalue weighted by atomic mass is 19.4. The SMILES string of the molecule is C[C@H](CC(=O)N1CC2C(C1)C2(C)C)OC1CC(F)(F)C1.NC(=O)C(F)(F)F.O=CO. The Kier molecular flexibility index (Phi) is 8.20. The summed E-state index contributed by atoms with van der Waals surface area (Å²) in [6.45, 7) is 7.77. The van der Waals surface area contributed by atoms with Gasteiger partial charge in [-0.15, -0.1) is 0 Å². The maximum atomic E-state index is 12.7. The van der Waals surface area contributed by atoms with Crippen molar-refractivity contribution in [3.63, 3.8) is 0 Å². The predicted molar refractivity (Wildman–Crippen MR) is 94.4 cm³/mol. The van der Waals surface area contributed by atoms with Crippen LogP contribution in [0.15, 0.2) is 0 Å². The van der Waals surface area contributed by atoms with Gasteiger partial charge >= 0.3 is 12.1 Å². The second-order valence-corrected chi connectivity index (χ2v) is 8.34. The summed E-state index contributed by atoms with van der Waals surface area (Å²) in [6.07, 6.45) is -5.60. The minimum atomic E-state index is -4.86. The van der Waals surface area contributed by atoms with E-state index in [1.54, 1.807) is 6.92 Å². The first-order valence-corrected chi connectivity index (χ1v) is 9.30. The van der Waals surface area contributed by atoms with E-state index in [1.807, 2.05) is 4.90 Å². The summed E-state index contributed by atoms with van der Waals surface area (Å²) in [5, 5.41) is 6.89. The molecule has 3 N–H and O–H groups in total. The van der Waals surface area contributed by atoms with E-state index in [0.717, 1.165) is 13.1 Å². The lowest BCUT2D eigenvalue weighted by Crippen LogP contribution is -2.43. The molecule has 0 aromatic carbocycles. The number of halogens is 5. The minimum Gasteiger partial charge on any atom is -0.483 e. The number of ether oxygens (including phenoxy) is 1. The minimum absolute atomic E-state index is 0.103. The summed E-state index contributed by atoms with van der Waals surface area (Å²) >= 11 is 0. The van der Waals surface area contributed by atoms with Crippen molar-refractivity contribution >= 4 is 18.3 Å². The molecule has 3 fully saturated rings. The van der Waals surface area contributed by atoms with Crippen molar-refractivity contribution in [2.45, 2.75) is 64.3 Å². The molecule has 12 heteroatoms. The number of primary amides is 1. The number of alkyl halides is 5. The largest absolute Gasteiger partial charge is 0.483 e. The fraction of sp³-hybridized carbons (Fsp3) is 0.833. The zero-order valence-corrected chi connectivity index (χ0v) is 16.9. The normalized spacial score (nSPS) is 26.6. The highest BCUT2D eigenvalue weighted by Gasteiger charge is 2.62. The molecule has 0 radical (unpaired) electrons. The Hall–Kier alpha value is -1.98. The Morgan fingerprint density at radius 3 is 1.97 bits per heavy atom. The van der Waals surface area contributed by atoms with Gasteiger partial charge in [0.25, 0.3) is 12.4 Å². The third kappa shape index (κ3) is 7.06. The summed E-state index contributed by atoms with van der Waals surface area (Å²) in [6, 6.07) is 0. The zero-order valence-electron chi connectivity index (χ0n) is 16.9. The van der Waals surface area contributed by atoms with Crippen molar-refractivity contribution in [3.05, 3.63) is 0 Å². The Morgan fingerprint density at radius 2 is 1.63 bits per heavy atom. The van der Waals surface area contributed by atoms with Gasteiger partial charge in [-0.1, -0.05) is 13.8 Å². The average molecular weight is 446 g/mol. The van der Waals surface area contributed by atoms with Crippen molar-refractivity contribution in [1.29, 1.82) is 0 Å². The van der Waals surface area contributed by atoms with Crippen LogP contribution in [0.3, 0.4) is 0 Å². The molecule has 174 valence electrons. The Labute approximate surface area is 170 Å². The summed E-state index contributed by atoms with van der Waals surface area (Å²) < 4.78 is 63.0. The van der Waals surface area contributed by atoms with Gasteiger partial charge in [-0.05, 0) is 24.2 Å². The van der Waals surface area contributed by atoms with E-state index < -0.39 is 18.0 Å². The number of hydrogen-bond acceptors (Lipinski definition) is 4. The van der Waals surface area contributed by atoms with E-state index in [-0.39, 0.29) is 37.4 Å². The van der Waals surface area contributed by atoms with Gasteiger partial charge in [0.1, 0.15) is 0 Å². The molecular weight excluding hydrogens is 419 g/mol. The van der Waals surface area contributed by atoms with Gasteiger partial charge in [-0.3, -0.25) is 14.4 Å². The maximum absolute atomic E-state index is 12.7. The number of fused-ring (bicyclic) bond motifs is 1. The van der Waals surface area contributed by atoms with E-state index in [1.165, 1.54) is 0 Å². The number of likely N-dealkylation sites (tertiary alicyclic amines) is 1. The lowest BCUT2D eigenvalue weighted by Gasteiger charge is -2.36. The third-order valence-electron chi connectivity index (χ3n) is 5.69. The second-order valence-electron chi connectivity index (χ2n) is 8.34. The van der Waals surface area contributed by atoms with Crippen LogP contribution in [0, 0.1) is 17.3 Å². The number of carboxylic acid groups (broad SMARTS) is 1. The number of nitrogens with zero attached hydrogens (tertiary/aromatic N) is 1. The fourth-order valence-corrected chi connectivity index (χ4v) is 3.79. The van der Waals surface area contributed by atoms with Crippen LogP contribution in [0.5, 0.6) is 0 Å². The highest BCUT2D eigenvalue weighted by molar-refractivity contribution is 5.79. The van der Waals surface area contributed by atoms with Crippen molar-refractivity contribution < 1.29 is 46.2 Å². The van der Waals surface area contributed by atoms with E-state index in [0.29, 0.717) is 23.7 Å². The number of nitrogens with two attached hydrogens (primary N) is 1. The van der Waals surface area contributed by atoms with Crippen LogP contribution in [0.25, 0.3) is 0 Å². The third-order valence-corrected chi connectivity index (χ3v) is 5.69. The quantitative estimate of drug-likeness (QED) is 0.509. The van der Waals surface area contributed by atoms with Gasteiger partial charge in [0.15, 0.2) is 0 Å². The Balaban J connectivity index is 0.000000380. The first-order chi connectivity index (χ1) is 13.5. The molecule has 1 heterocycles. The molecule has 2 amide bonds.